The number of hydrogen-bond donors (Lipinski definition) is 2. The molecule has 0 aliphatic heterocycles. The van der Waals surface area contributed by atoms with E-state index in [0.717, 1.165) is 17.7 Å². The van der Waals surface area contributed by atoms with Crippen molar-refractivity contribution in [2.45, 2.75) is 51.0 Å². The summed E-state index contributed by atoms with van der Waals surface area (Å²) in [5.41, 5.74) is 1.53. The number of thiazole rings is 1. The molecule has 1 aliphatic carbocycles. The summed E-state index contributed by atoms with van der Waals surface area (Å²) in [7, 11) is 1.94. The number of nitrogens with zero attached hydrogens (tertiary/aromatic N) is 2. The van der Waals surface area contributed by atoms with Crippen LogP contribution in [0.3, 0.4) is 0 Å². The zero-order valence-electron chi connectivity index (χ0n) is 18.5. The highest BCUT2D eigenvalue weighted by atomic mass is 32.1. The Labute approximate surface area is 200 Å². The summed E-state index contributed by atoms with van der Waals surface area (Å²) in [5.74, 6) is -0.772. The first kappa shape index (κ1) is 23.4. The van der Waals surface area contributed by atoms with Crippen LogP contribution in [-0.2, 0) is 22.4 Å². The Bertz CT molecular complexity index is 1090. The topological polar surface area (TPSA) is 74.3 Å². The predicted octanol–water partition coefficient (Wildman–Crippen LogP) is 5.48. The first-order valence-electron chi connectivity index (χ1n) is 11.1. The van der Waals surface area contributed by atoms with Gasteiger partial charge in [-0.05, 0) is 42.5 Å². The van der Waals surface area contributed by atoms with Crippen molar-refractivity contribution in [2.24, 2.45) is 0 Å². The summed E-state index contributed by atoms with van der Waals surface area (Å²) in [6, 6.07) is 8.99. The second-order valence-electron chi connectivity index (χ2n) is 8.24. The third kappa shape index (κ3) is 6.39. The van der Waals surface area contributed by atoms with Crippen LogP contribution < -0.4 is 15.5 Å². The third-order valence-corrected chi connectivity index (χ3v) is 7.47. The lowest BCUT2D eigenvalue weighted by atomic mass is 9.94. The SMILES string of the molecule is CN(c1ccc(NC(=O)Cc2csc(NC(=O)Cc3cccs3)n2)cc1F)C1CCCCC1. The molecule has 0 unspecified atom stereocenters. The Kier molecular flexibility index (Phi) is 7.72. The number of anilines is 3. The summed E-state index contributed by atoms with van der Waals surface area (Å²) in [5, 5.41) is 9.63. The standard InChI is InChI=1S/C24H27FN4O2S2/c1-29(18-6-3-2-4-7-18)21-10-9-16(12-20(21)25)26-22(30)13-17-15-33-24(27-17)28-23(31)14-19-8-5-11-32-19/h5,8-12,15,18H,2-4,6-7,13-14H2,1H3,(H,26,30)(H,27,28,31). The van der Waals surface area contributed by atoms with Crippen LogP contribution >= 0.6 is 22.7 Å². The second kappa shape index (κ2) is 10.9. The molecule has 0 bridgehead atoms. The van der Waals surface area contributed by atoms with Gasteiger partial charge in [0.25, 0.3) is 0 Å². The average Bonchev–Trinajstić information content (AvgIpc) is 3.46. The fraction of sp³-hybridized carbons (Fsp3) is 0.375. The minimum absolute atomic E-state index is 0.0443. The highest BCUT2D eigenvalue weighted by Crippen LogP contribution is 2.29. The van der Waals surface area contributed by atoms with Crippen molar-refractivity contribution < 1.29 is 14.0 Å². The van der Waals surface area contributed by atoms with Crippen LogP contribution in [0.4, 0.5) is 20.9 Å². The first-order chi connectivity index (χ1) is 16.0. The summed E-state index contributed by atoms with van der Waals surface area (Å²) in [4.78, 5) is 31.9. The van der Waals surface area contributed by atoms with Crippen LogP contribution in [0.15, 0.2) is 41.1 Å². The smallest absolute Gasteiger partial charge is 0.231 e. The van der Waals surface area contributed by atoms with E-state index >= 15 is 0 Å². The fourth-order valence-corrected chi connectivity index (χ4v) is 5.52. The van der Waals surface area contributed by atoms with Crippen molar-refractivity contribution in [1.29, 1.82) is 0 Å². The molecular weight excluding hydrogens is 459 g/mol. The Balaban J connectivity index is 1.29. The van der Waals surface area contributed by atoms with Gasteiger partial charge in [-0.2, -0.15) is 0 Å². The van der Waals surface area contributed by atoms with E-state index in [1.165, 1.54) is 48.0 Å². The lowest BCUT2D eigenvalue weighted by Crippen LogP contribution is -2.33. The number of carbonyl (C=O) groups excluding carboxylic acids is 2. The highest BCUT2D eigenvalue weighted by molar-refractivity contribution is 7.14. The molecule has 2 N–H and O–H groups in total. The molecular formula is C24H27FN4O2S2. The number of hydrogen-bond acceptors (Lipinski definition) is 6. The molecule has 1 aromatic carbocycles. The monoisotopic (exact) mass is 486 g/mol. The summed E-state index contributed by atoms with van der Waals surface area (Å²) in [6.45, 7) is 0. The van der Waals surface area contributed by atoms with Gasteiger partial charge in [0.05, 0.1) is 24.2 Å². The molecule has 1 fully saturated rings. The Morgan fingerprint density at radius 2 is 1.88 bits per heavy atom. The van der Waals surface area contributed by atoms with Gasteiger partial charge in [0.15, 0.2) is 5.13 Å². The minimum atomic E-state index is -0.342. The van der Waals surface area contributed by atoms with Crippen LogP contribution in [0.25, 0.3) is 0 Å². The number of amides is 2. The summed E-state index contributed by atoms with van der Waals surface area (Å²) in [6.07, 6.45) is 6.12. The van der Waals surface area contributed by atoms with Gasteiger partial charge in [-0.25, -0.2) is 9.37 Å². The van der Waals surface area contributed by atoms with Crippen molar-refractivity contribution in [3.05, 3.63) is 57.5 Å². The maximum atomic E-state index is 14.8. The predicted molar refractivity (Wildman–Crippen MR) is 133 cm³/mol. The van der Waals surface area contributed by atoms with Gasteiger partial charge in [-0.1, -0.05) is 25.3 Å². The Morgan fingerprint density at radius 1 is 1.09 bits per heavy atom. The minimum Gasteiger partial charge on any atom is -0.369 e. The molecule has 33 heavy (non-hydrogen) atoms. The van der Waals surface area contributed by atoms with Crippen molar-refractivity contribution >= 4 is 51.0 Å². The number of nitrogens with one attached hydrogen (secondary N) is 2. The molecule has 3 aromatic rings. The van der Waals surface area contributed by atoms with Crippen LogP contribution in [0, 0.1) is 5.82 Å². The number of rotatable bonds is 8. The molecule has 2 amide bonds. The number of benzene rings is 1. The van der Waals surface area contributed by atoms with Crippen LogP contribution in [0.1, 0.15) is 42.7 Å². The van der Waals surface area contributed by atoms with Gasteiger partial charge in [-0.3, -0.25) is 9.59 Å². The summed E-state index contributed by atoms with van der Waals surface area (Å²) < 4.78 is 14.8. The summed E-state index contributed by atoms with van der Waals surface area (Å²) >= 11 is 2.80. The Hall–Kier alpha value is -2.78. The lowest BCUT2D eigenvalue weighted by molar-refractivity contribution is -0.116. The number of halogens is 1. The molecule has 2 heterocycles. The largest absolute Gasteiger partial charge is 0.369 e. The molecule has 4 rings (SSSR count). The van der Waals surface area contributed by atoms with Crippen LogP contribution in [-0.4, -0.2) is 29.9 Å². The molecule has 1 aliphatic rings. The number of thiophene rings is 1. The van der Waals surface area contributed by atoms with Crippen LogP contribution in [0.2, 0.25) is 0 Å². The molecule has 1 saturated carbocycles. The number of aromatic nitrogens is 1. The van der Waals surface area contributed by atoms with Crippen molar-refractivity contribution in [3.8, 4) is 0 Å². The zero-order chi connectivity index (χ0) is 23.2. The van der Waals surface area contributed by atoms with E-state index in [4.69, 9.17) is 0 Å². The van der Waals surface area contributed by atoms with Gasteiger partial charge in [0.1, 0.15) is 5.82 Å². The van der Waals surface area contributed by atoms with E-state index in [1.807, 2.05) is 29.5 Å². The van der Waals surface area contributed by atoms with E-state index in [1.54, 1.807) is 17.5 Å². The third-order valence-electron chi connectivity index (χ3n) is 5.79. The molecule has 0 spiro atoms. The fourth-order valence-electron chi connectivity index (χ4n) is 4.09. The van der Waals surface area contributed by atoms with Gasteiger partial charge < -0.3 is 15.5 Å². The number of carbonyl (C=O) groups is 2. The van der Waals surface area contributed by atoms with Crippen LogP contribution in [0.5, 0.6) is 0 Å². The van der Waals surface area contributed by atoms with Crippen molar-refractivity contribution in [1.82, 2.24) is 4.98 Å². The van der Waals surface area contributed by atoms with E-state index in [9.17, 15) is 14.0 Å². The molecule has 2 aromatic heterocycles. The average molecular weight is 487 g/mol. The van der Waals surface area contributed by atoms with Crippen molar-refractivity contribution in [2.75, 3.05) is 22.6 Å². The zero-order valence-corrected chi connectivity index (χ0v) is 20.1. The maximum absolute atomic E-state index is 14.8. The highest BCUT2D eigenvalue weighted by Gasteiger charge is 2.21. The maximum Gasteiger partial charge on any atom is 0.231 e. The molecule has 0 radical (unpaired) electrons. The van der Waals surface area contributed by atoms with Gasteiger partial charge in [-0.15, -0.1) is 22.7 Å². The quantitative estimate of drug-likeness (QED) is 0.442. The Morgan fingerprint density at radius 3 is 2.61 bits per heavy atom. The first-order valence-corrected chi connectivity index (χ1v) is 12.8. The van der Waals surface area contributed by atoms with Gasteiger partial charge in [0.2, 0.25) is 11.8 Å². The van der Waals surface area contributed by atoms with Crippen molar-refractivity contribution in [3.63, 3.8) is 0 Å². The van der Waals surface area contributed by atoms with E-state index < -0.39 is 0 Å². The molecule has 174 valence electrons. The molecule has 6 nitrogen and oxygen atoms in total. The second-order valence-corrected chi connectivity index (χ2v) is 10.1. The van der Waals surface area contributed by atoms with E-state index in [0.29, 0.717) is 34.7 Å². The molecule has 0 saturated heterocycles. The van der Waals surface area contributed by atoms with E-state index in [-0.39, 0.29) is 24.1 Å². The van der Waals surface area contributed by atoms with Gasteiger partial charge in [0, 0.05) is 29.0 Å². The lowest BCUT2D eigenvalue weighted by Gasteiger charge is -2.33. The molecule has 9 heteroatoms. The molecule has 0 atom stereocenters. The van der Waals surface area contributed by atoms with Gasteiger partial charge >= 0.3 is 0 Å². The van der Waals surface area contributed by atoms with E-state index in [2.05, 4.69) is 15.6 Å². The normalized spacial score (nSPS) is 14.1.